The molecular formula is C19H20N4O3. The highest BCUT2D eigenvalue weighted by atomic mass is 16.5. The second-order valence-electron chi connectivity index (χ2n) is 6.24. The van der Waals surface area contributed by atoms with Crippen LogP contribution in [0.3, 0.4) is 0 Å². The molecule has 2 aromatic heterocycles. The first-order chi connectivity index (χ1) is 12.4. The number of aromatic nitrogens is 3. The van der Waals surface area contributed by atoms with E-state index in [1.165, 1.54) is 6.92 Å². The van der Waals surface area contributed by atoms with Crippen molar-refractivity contribution in [2.45, 2.75) is 26.8 Å². The number of hydrogen-bond acceptors (Lipinski definition) is 5. The van der Waals surface area contributed by atoms with E-state index < -0.39 is 0 Å². The molecule has 1 amide bonds. The summed E-state index contributed by atoms with van der Waals surface area (Å²) >= 11 is 0. The van der Waals surface area contributed by atoms with E-state index in [1.54, 1.807) is 36.7 Å². The van der Waals surface area contributed by atoms with Crippen molar-refractivity contribution < 1.29 is 14.3 Å². The van der Waals surface area contributed by atoms with E-state index in [2.05, 4.69) is 15.4 Å². The second kappa shape index (κ2) is 7.35. The molecule has 0 aliphatic heterocycles. The summed E-state index contributed by atoms with van der Waals surface area (Å²) in [5.74, 6) is 0.216. The minimum Gasteiger partial charge on any atom is -0.484 e. The van der Waals surface area contributed by atoms with Crippen LogP contribution < -0.4 is 10.1 Å². The van der Waals surface area contributed by atoms with Gasteiger partial charge in [-0.3, -0.25) is 9.59 Å². The predicted octanol–water partition coefficient (Wildman–Crippen LogP) is 3.23. The van der Waals surface area contributed by atoms with Gasteiger partial charge in [-0.1, -0.05) is 0 Å². The van der Waals surface area contributed by atoms with Crippen LogP contribution in [0.5, 0.6) is 5.75 Å². The Bertz CT molecular complexity index is 945. The maximum atomic E-state index is 12.1. The van der Waals surface area contributed by atoms with Gasteiger partial charge >= 0.3 is 0 Å². The number of hydrogen-bond donors (Lipinski definition) is 1. The third-order valence-corrected chi connectivity index (χ3v) is 3.84. The number of amides is 1. The molecule has 0 fully saturated rings. The lowest BCUT2D eigenvalue weighted by molar-refractivity contribution is -0.118. The van der Waals surface area contributed by atoms with Crippen LogP contribution in [0.25, 0.3) is 11.0 Å². The smallest absolute Gasteiger partial charge is 0.262 e. The molecule has 0 saturated carbocycles. The Balaban J connectivity index is 1.61. The maximum Gasteiger partial charge on any atom is 0.262 e. The summed E-state index contributed by atoms with van der Waals surface area (Å²) in [6.07, 6.45) is 3.33. The Morgan fingerprint density at radius 1 is 1.19 bits per heavy atom. The fourth-order valence-corrected chi connectivity index (χ4v) is 2.52. The number of benzene rings is 1. The quantitative estimate of drug-likeness (QED) is 0.688. The van der Waals surface area contributed by atoms with E-state index in [1.807, 2.05) is 24.6 Å². The maximum absolute atomic E-state index is 12.1. The van der Waals surface area contributed by atoms with Crippen molar-refractivity contribution >= 4 is 28.4 Å². The van der Waals surface area contributed by atoms with Gasteiger partial charge in [0, 0.05) is 17.0 Å². The number of carbonyl (C=O) groups is 2. The topological polar surface area (TPSA) is 86.1 Å². The van der Waals surface area contributed by atoms with E-state index >= 15 is 0 Å². The van der Waals surface area contributed by atoms with Crippen LogP contribution in [-0.4, -0.2) is 33.1 Å². The lowest BCUT2D eigenvalue weighted by Crippen LogP contribution is -2.20. The zero-order valence-corrected chi connectivity index (χ0v) is 14.9. The standard InChI is InChI=1S/C19H20N4O3/c1-12(2)23-19-15(9-21-23)8-16(10-20-19)22-18(25)11-26-17-6-4-14(5-7-17)13(3)24/h4-10,12H,11H2,1-3H3,(H,22,25). The van der Waals surface area contributed by atoms with E-state index in [-0.39, 0.29) is 24.3 Å². The van der Waals surface area contributed by atoms with Gasteiger partial charge in [0.2, 0.25) is 0 Å². The fourth-order valence-electron chi connectivity index (χ4n) is 2.52. The fraction of sp³-hybridized carbons (Fsp3) is 0.263. The molecule has 2 heterocycles. The lowest BCUT2D eigenvalue weighted by Gasteiger charge is -2.09. The molecule has 7 heteroatoms. The van der Waals surface area contributed by atoms with Crippen molar-refractivity contribution in [1.82, 2.24) is 14.8 Å². The minimum absolute atomic E-state index is 0.0158. The number of ketones is 1. The van der Waals surface area contributed by atoms with Crippen LogP contribution in [0, 0.1) is 0 Å². The summed E-state index contributed by atoms with van der Waals surface area (Å²) < 4.78 is 7.27. The van der Waals surface area contributed by atoms with Gasteiger partial charge in [-0.15, -0.1) is 0 Å². The van der Waals surface area contributed by atoms with E-state index in [9.17, 15) is 9.59 Å². The number of anilines is 1. The summed E-state index contributed by atoms with van der Waals surface area (Å²) in [5, 5.41) is 7.92. The van der Waals surface area contributed by atoms with Crippen molar-refractivity contribution in [3.05, 3.63) is 48.3 Å². The van der Waals surface area contributed by atoms with Gasteiger partial charge in [-0.05, 0) is 51.1 Å². The monoisotopic (exact) mass is 352 g/mol. The van der Waals surface area contributed by atoms with Crippen molar-refractivity contribution in [2.24, 2.45) is 0 Å². The highest BCUT2D eigenvalue weighted by Crippen LogP contribution is 2.19. The molecule has 26 heavy (non-hydrogen) atoms. The molecule has 1 aromatic carbocycles. The third kappa shape index (κ3) is 3.88. The van der Waals surface area contributed by atoms with Gasteiger partial charge < -0.3 is 10.1 Å². The summed E-state index contributed by atoms with van der Waals surface area (Å²) in [4.78, 5) is 27.7. The van der Waals surface area contributed by atoms with Gasteiger partial charge in [0.15, 0.2) is 18.0 Å². The molecular weight excluding hydrogens is 332 g/mol. The number of Topliss-reactive ketones (excluding diaryl/α,β-unsaturated/α-hetero) is 1. The van der Waals surface area contributed by atoms with Gasteiger partial charge in [0.25, 0.3) is 5.91 Å². The highest BCUT2D eigenvalue weighted by molar-refractivity contribution is 5.94. The first kappa shape index (κ1) is 17.6. The van der Waals surface area contributed by atoms with Crippen molar-refractivity contribution in [3.8, 4) is 5.75 Å². The number of nitrogens with one attached hydrogen (secondary N) is 1. The Labute approximate surface area is 151 Å². The van der Waals surface area contributed by atoms with E-state index in [0.29, 0.717) is 17.0 Å². The average Bonchev–Trinajstić information content (AvgIpc) is 3.03. The third-order valence-electron chi connectivity index (χ3n) is 3.84. The van der Waals surface area contributed by atoms with Gasteiger partial charge in [0.1, 0.15) is 5.75 Å². The summed E-state index contributed by atoms with van der Waals surface area (Å²) in [5.41, 5.74) is 1.96. The van der Waals surface area contributed by atoms with Gasteiger partial charge in [-0.25, -0.2) is 9.67 Å². The summed E-state index contributed by atoms with van der Waals surface area (Å²) in [6, 6.07) is 8.70. The second-order valence-corrected chi connectivity index (χ2v) is 6.24. The summed E-state index contributed by atoms with van der Waals surface area (Å²) in [6.45, 7) is 5.43. The number of rotatable bonds is 6. The molecule has 0 bridgehead atoms. The molecule has 0 aliphatic carbocycles. The van der Waals surface area contributed by atoms with Crippen molar-refractivity contribution in [3.63, 3.8) is 0 Å². The van der Waals surface area contributed by atoms with Crippen LogP contribution in [0.1, 0.15) is 37.2 Å². The van der Waals surface area contributed by atoms with Gasteiger partial charge in [-0.2, -0.15) is 5.10 Å². The van der Waals surface area contributed by atoms with E-state index in [0.717, 1.165) is 11.0 Å². The molecule has 0 unspecified atom stereocenters. The minimum atomic E-state index is -0.293. The molecule has 0 radical (unpaired) electrons. The lowest BCUT2D eigenvalue weighted by atomic mass is 10.1. The Morgan fingerprint density at radius 3 is 2.58 bits per heavy atom. The van der Waals surface area contributed by atoms with E-state index in [4.69, 9.17) is 4.74 Å². The van der Waals surface area contributed by atoms with Crippen LogP contribution in [-0.2, 0) is 4.79 Å². The largest absolute Gasteiger partial charge is 0.484 e. The number of nitrogens with zero attached hydrogens (tertiary/aromatic N) is 3. The number of fused-ring (bicyclic) bond motifs is 1. The molecule has 0 aliphatic rings. The number of ether oxygens (including phenoxy) is 1. The number of pyridine rings is 1. The first-order valence-electron chi connectivity index (χ1n) is 8.31. The normalized spacial score (nSPS) is 10.9. The van der Waals surface area contributed by atoms with Crippen LogP contribution in [0.15, 0.2) is 42.7 Å². The molecule has 0 saturated heterocycles. The van der Waals surface area contributed by atoms with Crippen molar-refractivity contribution in [1.29, 1.82) is 0 Å². The first-order valence-corrected chi connectivity index (χ1v) is 8.31. The molecule has 3 rings (SSSR count). The molecule has 0 atom stereocenters. The van der Waals surface area contributed by atoms with Crippen LogP contribution in [0.2, 0.25) is 0 Å². The Hall–Kier alpha value is -3.22. The molecule has 7 nitrogen and oxygen atoms in total. The molecule has 134 valence electrons. The van der Waals surface area contributed by atoms with Crippen LogP contribution in [0.4, 0.5) is 5.69 Å². The van der Waals surface area contributed by atoms with Crippen molar-refractivity contribution in [2.75, 3.05) is 11.9 Å². The SMILES string of the molecule is CC(=O)c1ccc(OCC(=O)Nc2cnc3c(cnn3C(C)C)c2)cc1. The average molecular weight is 352 g/mol. The Morgan fingerprint density at radius 2 is 1.92 bits per heavy atom. The molecule has 1 N–H and O–H groups in total. The number of carbonyl (C=O) groups excluding carboxylic acids is 2. The highest BCUT2D eigenvalue weighted by Gasteiger charge is 2.10. The Kier molecular flexibility index (Phi) is 4.97. The predicted molar refractivity (Wildman–Crippen MR) is 98.5 cm³/mol. The molecule has 3 aromatic rings. The van der Waals surface area contributed by atoms with Crippen LogP contribution >= 0.6 is 0 Å². The summed E-state index contributed by atoms with van der Waals surface area (Å²) in [7, 11) is 0. The van der Waals surface area contributed by atoms with Gasteiger partial charge in [0.05, 0.1) is 18.1 Å². The zero-order valence-electron chi connectivity index (χ0n) is 14.9. The zero-order chi connectivity index (χ0) is 18.7. The molecule has 0 spiro atoms.